The van der Waals surface area contributed by atoms with Crippen LogP contribution in [0.3, 0.4) is 0 Å². The third-order valence-corrected chi connectivity index (χ3v) is 6.05. The summed E-state index contributed by atoms with van der Waals surface area (Å²) < 4.78 is 5.46. The molecule has 0 aromatic heterocycles. The number of allylic oxidation sites excluding steroid dienone is 1. The monoisotopic (exact) mass is 432 g/mol. The Morgan fingerprint density at radius 1 is 1.26 bits per heavy atom. The Morgan fingerprint density at radius 3 is 2.65 bits per heavy atom. The predicted octanol–water partition coefficient (Wildman–Crippen LogP) is 3.47. The fraction of sp³-hybridized carbons (Fsp3) is 0.680. The van der Waals surface area contributed by atoms with Crippen LogP contribution < -0.4 is 0 Å². The minimum absolute atomic E-state index is 0.00443. The molecular formula is C25H36O6. The smallest absolute Gasteiger partial charge is 0.327 e. The van der Waals surface area contributed by atoms with Gasteiger partial charge in [-0.3, -0.25) is 4.79 Å². The van der Waals surface area contributed by atoms with Crippen molar-refractivity contribution in [3.63, 3.8) is 0 Å². The van der Waals surface area contributed by atoms with Crippen LogP contribution in [0, 0.1) is 35.5 Å². The van der Waals surface area contributed by atoms with Gasteiger partial charge in [-0.25, -0.2) is 4.79 Å². The van der Waals surface area contributed by atoms with Gasteiger partial charge in [0.25, 0.3) is 0 Å². The van der Waals surface area contributed by atoms with E-state index in [9.17, 15) is 19.8 Å². The average molecular weight is 433 g/mol. The third kappa shape index (κ3) is 9.28. The highest BCUT2D eigenvalue weighted by Gasteiger charge is 2.42. The molecule has 6 heteroatoms. The lowest BCUT2D eigenvalue weighted by Crippen LogP contribution is -2.25. The Morgan fingerprint density at radius 2 is 2.00 bits per heavy atom. The normalized spacial score (nSPS) is 27.7. The molecule has 2 rings (SSSR count). The summed E-state index contributed by atoms with van der Waals surface area (Å²) >= 11 is 0. The van der Waals surface area contributed by atoms with E-state index in [0.29, 0.717) is 25.2 Å². The number of esters is 1. The van der Waals surface area contributed by atoms with Gasteiger partial charge in [0.2, 0.25) is 0 Å². The summed E-state index contributed by atoms with van der Waals surface area (Å²) in [5, 5.41) is 29.7. The first-order chi connectivity index (χ1) is 14.8. The summed E-state index contributed by atoms with van der Waals surface area (Å²) in [6.45, 7) is 3.34. The fourth-order valence-electron chi connectivity index (χ4n) is 4.07. The van der Waals surface area contributed by atoms with Gasteiger partial charge in [-0.05, 0) is 38.0 Å². The number of aliphatic carboxylic acids is 1. The molecule has 172 valence electrons. The maximum Gasteiger partial charge on any atom is 0.327 e. The molecule has 3 N–H and O–H groups in total. The van der Waals surface area contributed by atoms with Gasteiger partial charge in [-0.15, -0.1) is 5.92 Å². The standard InChI is InChI=1S/C25H36O6/c1-17(8-7-9-19-12-13-19)22(27)15-14-20-21(10-5-3-4-6-11-25(29)30)24(16-23(20)28)31-18(2)26/h6,11,14-15,17,19-24,27-28H,3-5,8,10,12-13,16H2,1-2H3,(H,29,30)/b11-6?,15-14+/t17-,20+,21+,22+,23+,24-/m0/s1. The van der Waals surface area contributed by atoms with Crippen molar-refractivity contribution in [2.24, 2.45) is 23.7 Å². The third-order valence-electron chi connectivity index (χ3n) is 6.05. The van der Waals surface area contributed by atoms with E-state index in [1.165, 1.54) is 19.8 Å². The van der Waals surface area contributed by atoms with Crippen molar-refractivity contribution in [1.82, 2.24) is 0 Å². The minimum Gasteiger partial charge on any atom is -0.478 e. The van der Waals surface area contributed by atoms with E-state index in [1.807, 2.05) is 13.0 Å². The second kappa shape index (κ2) is 12.7. The van der Waals surface area contributed by atoms with Crippen LogP contribution in [-0.2, 0) is 14.3 Å². The number of rotatable bonds is 11. The quantitative estimate of drug-likeness (QED) is 0.152. The Kier molecular flexibility index (Phi) is 10.3. The molecule has 0 aromatic carbocycles. The van der Waals surface area contributed by atoms with Crippen LogP contribution in [0.15, 0.2) is 24.3 Å². The van der Waals surface area contributed by atoms with Gasteiger partial charge in [0, 0.05) is 43.6 Å². The van der Waals surface area contributed by atoms with Crippen LogP contribution >= 0.6 is 0 Å². The Hall–Kier alpha value is -2.10. The number of unbranched alkanes of at least 4 members (excludes halogenated alkanes) is 2. The highest BCUT2D eigenvalue weighted by atomic mass is 16.5. The number of carbonyl (C=O) groups is 2. The summed E-state index contributed by atoms with van der Waals surface area (Å²) in [6, 6.07) is 0. The second-order valence-electron chi connectivity index (χ2n) is 8.87. The molecule has 0 bridgehead atoms. The van der Waals surface area contributed by atoms with Gasteiger partial charge in [0.15, 0.2) is 0 Å². The molecule has 2 saturated carbocycles. The summed E-state index contributed by atoms with van der Waals surface area (Å²) in [5.41, 5.74) is 0. The summed E-state index contributed by atoms with van der Waals surface area (Å²) in [6.07, 6.45) is 11.2. The highest BCUT2D eigenvalue weighted by molar-refractivity contribution is 5.79. The number of carboxylic acid groups (broad SMARTS) is 1. The van der Waals surface area contributed by atoms with Crippen molar-refractivity contribution < 1.29 is 29.6 Å². The van der Waals surface area contributed by atoms with Gasteiger partial charge in [-0.2, -0.15) is 0 Å². The molecule has 2 aliphatic rings. The zero-order valence-electron chi connectivity index (χ0n) is 18.6. The lowest BCUT2D eigenvalue weighted by atomic mass is 9.87. The number of ether oxygens (including phenoxy) is 1. The maximum absolute atomic E-state index is 11.5. The Balaban J connectivity index is 1.92. The van der Waals surface area contributed by atoms with E-state index in [4.69, 9.17) is 9.84 Å². The van der Waals surface area contributed by atoms with E-state index in [2.05, 4.69) is 11.8 Å². The highest BCUT2D eigenvalue weighted by Crippen LogP contribution is 2.39. The lowest BCUT2D eigenvalue weighted by molar-refractivity contribution is -0.148. The molecule has 0 amide bonds. The number of aliphatic hydroxyl groups excluding tert-OH is 2. The topological polar surface area (TPSA) is 104 Å². The van der Waals surface area contributed by atoms with Gasteiger partial charge >= 0.3 is 11.9 Å². The zero-order valence-corrected chi connectivity index (χ0v) is 18.6. The number of carboxylic acids is 1. The second-order valence-corrected chi connectivity index (χ2v) is 8.87. The van der Waals surface area contributed by atoms with Crippen molar-refractivity contribution in [2.45, 2.75) is 83.5 Å². The van der Waals surface area contributed by atoms with Crippen LogP contribution in [0.25, 0.3) is 0 Å². The van der Waals surface area contributed by atoms with Crippen LogP contribution in [0.2, 0.25) is 0 Å². The summed E-state index contributed by atoms with van der Waals surface area (Å²) in [5.74, 6) is 5.38. The molecule has 0 unspecified atom stereocenters. The van der Waals surface area contributed by atoms with Crippen LogP contribution in [0.4, 0.5) is 0 Å². The SMILES string of the molecule is CC(=O)O[C@H]1C[C@@H](O)[C@H](/C=C/[C@@H](O)[C@@H](C)CC#CC2CC2)[C@H]1CCCCC=CC(=O)O. The van der Waals surface area contributed by atoms with E-state index in [-0.39, 0.29) is 29.8 Å². The average Bonchev–Trinajstić information content (AvgIpc) is 3.47. The Bertz CT molecular complexity index is 711. The summed E-state index contributed by atoms with van der Waals surface area (Å²) in [7, 11) is 0. The first kappa shape index (κ1) is 25.2. The number of hydrogen-bond acceptors (Lipinski definition) is 5. The van der Waals surface area contributed by atoms with Crippen LogP contribution in [0.5, 0.6) is 0 Å². The minimum atomic E-state index is -0.953. The van der Waals surface area contributed by atoms with Gasteiger partial charge in [-0.1, -0.05) is 37.5 Å². The molecule has 0 aromatic rings. The molecule has 31 heavy (non-hydrogen) atoms. The molecule has 0 aliphatic heterocycles. The zero-order chi connectivity index (χ0) is 22.8. The first-order valence-corrected chi connectivity index (χ1v) is 11.4. The largest absolute Gasteiger partial charge is 0.478 e. The van der Waals surface area contributed by atoms with E-state index in [0.717, 1.165) is 25.3 Å². The van der Waals surface area contributed by atoms with Crippen LogP contribution in [0.1, 0.15) is 65.2 Å². The lowest BCUT2D eigenvalue weighted by Gasteiger charge is -2.23. The Labute approximate surface area is 185 Å². The molecule has 2 aliphatic carbocycles. The number of carbonyl (C=O) groups excluding carboxylic acids is 1. The van der Waals surface area contributed by atoms with E-state index < -0.39 is 18.2 Å². The molecule has 0 saturated heterocycles. The molecular weight excluding hydrogens is 396 g/mol. The van der Waals surface area contributed by atoms with Gasteiger partial charge in [0.05, 0.1) is 12.2 Å². The fourth-order valence-corrected chi connectivity index (χ4v) is 4.07. The van der Waals surface area contributed by atoms with Crippen molar-refractivity contribution in [1.29, 1.82) is 0 Å². The van der Waals surface area contributed by atoms with Crippen molar-refractivity contribution in [3.05, 3.63) is 24.3 Å². The molecule has 0 radical (unpaired) electrons. The van der Waals surface area contributed by atoms with Crippen molar-refractivity contribution in [3.8, 4) is 11.8 Å². The number of aliphatic hydroxyl groups is 2. The summed E-state index contributed by atoms with van der Waals surface area (Å²) in [4.78, 5) is 22.0. The number of hydrogen-bond donors (Lipinski definition) is 3. The van der Waals surface area contributed by atoms with E-state index in [1.54, 1.807) is 12.2 Å². The van der Waals surface area contributed by atoms with Gasteiger partial charge in [0.1, 0.15) is 6.10 Å². The van der Waals surface area contributed by atoms with Gasteiger partial charge < -0.3 is 20.1 Å². The van der Waals surface area contributed by atoms with Crippen molar-refractivity contribution >= 4 is 11.9 Å². The van der Waals surface area contributed by atoms with E-state index >= 15 is 0 Å². The molecule has 0 spiro atoms. The molecule has 2 fully saturated rings. The molecule has 6 atom stereocenters. The molecule has 6 nitrogen and oxygen atoms in total. The first-order valence-electron chi connectivity index (χ1n) is 11.4. The predicted molar refractivity (Wildman–Crippen MR) is 118 cm³/mol. The van der Waals surface area contributed by atoms with Crippen molar-refractivity contribution in [2.75, 3.05) is 0 Å². The van der Waals surface area contributed by atoms with Crippen LogP contribution in [-0.4, -0.2) is 45.6 Å². The maximum atomic E-state index is 11.5. The molecule has 0 heterocycles.